The van der Waals surface area contributed by atoms with Crippen molar-refractivity contribution < 1.29 is 14.6 Å². The van der Waals surface area contributed by atoms with Crippen molar-refractivity contribution >= 4 is 15.9 Å². The quantitative estimate of drug-likeness (QED) is 0.711. The highest BCUT2D eigenvalue weighted by molar-refractivity contribution is 9.10. The third kappa shape index (κ3) is 3.48. The van der Waals surface area contributed by atoms with Crippen LogP contribution in [0.1, 0.15) is 5.76 Å². The van der Waals surface area contributed by atoms with Crippen LogP contribution in [0, 0.1) is 0 Å². The number of hydrogen-bond acceptors (Lipinski definition) is 4. The Morgan fingerprint density at radius 3 is 2.54 bits per heavy atom. The minimum atomic E-state index is -0.288. The summed E-state index contributed by atoms with van der Waals surface area (Å²) in [5.41, 5.74) is 0. The van der Waals surface area contributed by atoms with Crippen LogP contribution in [-0.4, -0.2) is 29.5 Å². The maximum Gasteiger partial charge on any atom is 0.169 e. The highest BCUT2D eigenvalue weighted by Crippen LogP contribution is 2.13. The summed E-state index contributed by atoms with van der Waals surface area (Å²) >= 11 is 3.18. The van der Waals surface area contributed by atoms with Gasteiger partial charge in [0.1, 0.15) is 5.76 Å². The Labute approximate surface area is 84.7 Å². The van der Waals surface area contributed by atoms with Gasteiger partial charge in [0.25, 0.3) is 0 Å². The summed E-state index contributed by atoms with van der Waals surface area (Å²) in [4.78, 5) is 0. The number of furan rings is 1. The molecule has 1 rings (SSSR count). The van der Waals surface area contributed by atoms with Gasteiger partial charge in [-0.3, -0.25) is 0 Å². The molecule has 0 aliphatic rings. The van der Waals surface area contributed by atoms with Gasteiger partial charge in [-0.25, -0.2) is 0 Å². The number of halogens is 1. The molecule has 5 heteroatoms. The van der Waals surface area contributed by atoms with Gasteiger partial charge in [0.05, 0.1) is 25.8 Å². The molecule has 0 aromatic carbocycles. The highest BCUT2D eigenvalue weighted by Gasteiger charge is 2.05. The number of aliphatic hydroxyl groups is 2. The van der Waals surface area contributed by atoms with Crippen molar-refractivity contribution in [3.05, 3.63) is 22.6 Å². The van der Waals surface area contributed by atoms with Crippen molar-refractivity contribution in [1.82, 2.24) is 5.32 Å². The number of aliphatic hydroxyl groups excluding tert-OH is 2. The average molecular weight is 250 g/mol. The monoisotopic (exact) mass is 249 g/mol. The molecule has 3 N–H and O–H groups in total. The molecular weight excluding hydrogens is 238 g/mol. The van der Waals surface area contributed by atoms with E-state index in [0.717, 1.165) is 5.76 Å². The fourth-order valence-electron chi connectivity index (χ4n) is 0.879. The molecule has 1 aromatic heterocycles. The second-order valence-electron chi connectivity index (χ2n) is 2.65. The second-order valence-corrected chi connectivity index (χ2v) is 3.43. The molecule has 0 bridgehead atoms. The van der Waals surface area contributed by atoms with Gasteiger partial charge in [0.15, 0.2) is 4.67 Å². The van der Waals surface area contributed by atoms with E-state index in [1.165, 1.54) is 0 Å². The summed E-state index contributed by atoms with van der Waals surface area (Å²) < 4.78 is 5.89. The van der Waals surface area contributed by atoms with Crippen LogP contribution < -0.4 is 5.32 Å². The van der Waals surface area contributed by atoms with Crippen LogP contribution in [-0.2, 0) is 6.54 Å². The van der Waals surface area contributed by atoms with Gasteiger partial charge in [-0.15, -0.1) is 0 Å². The van der Waals surface area contributed by atoms with E-state index in [2.05, 4.69) is 21.2 Å². The molecular formula is C8H12BrNO3. The van der Waals surface area contributed by atoms with Gasteiger partial charge in [-0.1, -0.05) is 0 Å². The first kappa shape index (κ1) is 10.7. The van der Waals surface area contributed by atoms with Gasteiger partial charge in [-0.05, 0) is 28.1 Å². The van der Waals surface area contributed by atoms with Gasteiger partial charge >= 0.3 is 0 Å². The smallest absolute Gasteiger partial charge is 0.169 e. The minimum absolute atomic E-state index is 0.0849. The molecule has 0 amide bonds. The standard InChI is InChI=1S/C8H12BrNO3/c9-8-2-1-7(13-8)3-10-6(4-11)5-12/h1-2,6,10-12H,3-5H2. The molecule has 4 nitrogen and oxygen atoms in total. The maximum atomic E-state index is 8.75. The van der Waals surface area contributed by atoms with Crippen LogP contribution in [0.2, 0.25) is 0 Å². The van der Waals surface area contributed by atoms with E-state index < -0.39 is 0 Å². The number of hydrogen-bond donors (Lipinski definition) is 3. The van der Waals surface area contributed by atoms with E-state index >= 15 is 0 Å². The molecule has 1 heterocycles. The molecule has 0 radical (unpaired) electrons. The lowest BCUT2D eigenvalue weighted by molar-refractivity contribution is 0.168. The van der Waals surface area contributed by atoms with E-state index in [4.69, 9.17) is 14.6 Å². The van der Waals surface area contributed by atoms with E-state index in [-0.39, 0.29) is 19.3 Å². The lowest BCUT2D eigenvalue weighted by atomic mass is 10.3. The molecule has 0 aliphatic heterocycles. The lowest BCUT2D eigenvalue weighted by Crippen LogP contribution is -2.35. The van der Waals surface area contributed by atoms with Crippen molar-refractivity contribution in [2.45, 2.75) is 12.6 Å². The summed E-state index contributed by atoms with van der Waals surface area (Å²) in [6, 6.07) is 3.33. The fraction of sp³-hybridized carbons (Fsp3) is 0.500. The third-order valence-electron chi connectivity index (χ3n) is 1.63. The normalized spacial score (nSPS) is 11.1. The Morgan fingerprint density at radius 1 is 1.38 bits per heavy atom. The highest BCUT2D eigenvalue weighted by atomic mass is 79.9. The first-order valence-electron chi connectivity index (χ1n) is 3.95. The first-order valence-corrected chi connectivity index (χ1v) is 4.75. The molecule has 0 atom stereocenters. The van der Waals surface area contributed by atoms with Gasteiger partial charge in [0.2, 0.25) is 0 Å². The number of nitrogens with one attached hydrogen (secondary N) is 1. The Morgan fingerprint density at radius 2 is 2.08 bits per heavy atom. The van der Waals surface area contributed by atoms with Crippen LogP contribution in [0.25, 0.3) is 0 Å². The second kappa shape index (κ2) is 5.39. The Bertz CT molecular complexity index is 247. The predicted molar refractivity (Wildman–Crippen MR) is 51.2 cm³/mol. The molecule has 0 spiro atoms. The Balaban J connectivity index is 2.33. The zero-order valence-electron chi connectivity index (χ0n) is 7.03. The molecule has 0 saturated heterocycles. The predicted octanol–water partition coefficient (Wildman–Crippen LogP) is 0.485. The largest absolute Gasteiger partial charge is 0.453 e. The third-order valence-corrected chi connectivity index (χ3v) is 2.06. The van der Waals surface area contributed by atoms with Crippen molar-refractivity contribution in [3.8, 4) is 0 Å². The Hall–Kier alpha value is -0.360. The fourth-order valence-corrected chi connectivity index (χ4v) is 1.22. The van der Waals surface area contributed by atoms with Crippen molar-refractivity contribution in [2.24, 2.45) is 0 Å². The molecule has 0 saturated carbocycles. The lowest BCUT2D eigenvalue weighted by Gasteiger charge is -2.11. The topological polar surface area (TPSA) is 65.6 Å². The molecule has 0 fully saturated rings. The molecule has 13 heavy (non-hydrogen) atoms. The maximum absolute atomic E-state index is 8.75. The number of rotatable bonds is 5. The first-order chi connectivity index (χ1) is 6.26. The summed E-state index contributed by atoms with van der Waals surface area (Å²) in [6.45, 7) is 0.328. The molecule has 0 unspecified atom stereocenters. The molecule has 74 valence electrons. The van der Waals surface area contributed by atoms with Crippen LogP contribution in [0.5, 0.6) is 0 Å². The van der Waals surface area contributed by atoms with Gasteiger partial charge in [-0.2, -0.15) is 0 Å². The summed E-state index contributed by atoms with van der Waals surface area (Å²) in [6.07, 6.45) is 0. The van der Waals surface area contributed by atoms with Crippen LogP contribution in [0.4, 0.5) is 0 Å². The van der Waals surface area contributed by atoms with Gasteiger partial charge in [0, 0.05) is 0 Å². The average Bonchev–Trinajstić information content (AvgIpc) is 2.53. The zero-order chi connectivity index (χ0) is 9.68. The van der Waals surface area contributed by atoms with Crippen LogP contribution >= 0.6 is 15.9 Å². The molecule has 1 aromatic rings. The summed E-state index contributed by atoms with van der Waals surface area (Å²) in [7, 11) is 0. The van der Waals surface area contributed by atoms with E-state index in [1.807, 2.05) is 6.07 Å². The van der Waals surface area contributed by atoms with Crippen LogP contribution in [0.15, 0.2) is 21.2 Å². The van der Waals surface area contributed by atoms with Gasteiger partial charge < -0.3 is 19.9 Å². The van der Waals surface area contributed by atoms with E-state index in [0.29, 0.717) is 11.2 Å². The van der Waals surface area contributed by atoms with E-state index in [1.54, 1.807) is 6.07 Å². The Kier molecular flexibility index (Phi) is 4.44. The molecule has 0 aliphatic carbocycles. The summed E-state index contributed by atoms with van der Waals surface area (Å²) in [5.74, 6) is 0.763. The van der Waals surface area contributed by atoms with E-state index in [9.17, 15) is 0 Å². The zero-order valence-corrected chi connectivity index (χ0v) is 8.62. The van der Waals surface area contributed by atoms with Crippen molar-refractivity contribution in [3.63, 3.8) is 0 Å². The summed E-state index contributed by atoms with van der Waals surface area (Å²) in [5, 5.41) is 20.4. The van der Waals surface area contributed by atoms with Crippen LogP contribution in [0.3, 0.4) is 0 Å². The SMILES string of the molecule is OCC(CO)NCc1ccc(Br)o1. The van der Waals surface area contributed by atoms with Crippen molar-refractivity contribution in [2.75, 3.05) is 13.2 Å². The minimum Gasteiger partial charge on any atom is -0.453 e. The van der Waals surface area contributed by atoms with Crippen molar-refractivity contribution in [1.29, 1.82) is 0 Å².